The van der Waals surface area contributed by atoms with E-state index in [1.165, 1.54) is 26.0 Å². The fourth-order valence-corrected chi connectivity index (χ4v) is 2.93. The number of hydrazone groups is 1. The maximum absolute atomic E-state index is 12.1. The number of aromatic nitrogens is 1. The van der Waals surface area contributed by atoms with Crippen LogP contribution in [-0.4, -0.2) is 34.9 Å². The van der Waals surface area contributed by atoms with Gasteiger partial charge in [-0.1, -0.05) is 6.07 Å². The van der Waals surface area contributed by atoms with Crippen molar-refractivity contribution in [3.63, 3.8) is 0 Å². The average Bonchev–Trinajstić information content (AvgIpc) is 3.07. The molecule has 0 radical (unpaired) electrons. The number of carbonyl (C=O) groups is 2. The summed E-state index contributed by atoms with van der Waals surface area (Å²) in [6, 6.07) is 6.80. The van der Waals surface area contributed by atoms with Gasteiger partial charge in [0.2, 0.25) is 18.0 Å². The summed E-state index contributed by atoms with van der Waals surface area (Å²) < 4.78 is 17.2. The molecule has 0 spiro atoms. The molecule has 0 saturated heterocycles. The van der Waals surface area contributed by atoms with E-state index in [-0.39, 0.29) is 17.6 Å². The van der Waals surface area contributed by atoms with Gasteiger partial charge in [-0.15, -0.1) is 5.10 Å². The Morgan fingerprint density at radius 3 is 2.67 bits per heavy atom. The molecule has 1 atom stereocenters. The molecular formula is C18H16BrN3O5. The summed E-state index contributed by atoms with van der Waals surface area (Å²) in [6.45, 7) is 2.66. The fourth-order valence-electron chi connectivity index (χ4n) is 2.55. The highest BCUT2D eigenvalue weighted by molar-refractivity contribution is 9.10. The molecule has 1 aromatic carbocycles. The number of amides is 1. The van der Waals surface area contributed by atoms with E-state index in [0.29, 0.717) is 16.9 Å². The van der Waals surface area contributed by atoms with E-state index in [4.69, 9.17) is 14.2 Å². The van der Waals surface area contributed by atoms with Gasteiger partial charge in [0.05, 0.1) is 12.7 Å². The largest absolute Gasteiger partial charge is 0.493 e. The molecule has 1 aliphatic heterocycles. The number of methoxy groups -OCH3 is 1. The number of benzene rings is 1. The normalized spacial score (nSPS) is 15.8. The lowest BCUT2D eigenvalue weighted by Gasteiger charge is -2.19. The number of ether oxygens (including phenoxy) is 3. The third-order valence-electron chi connectivity index (χ3n) is 3.65. The highest BCUT2D eigenvalue weighted by Crippen LogP contribution is 2.37. The van der Waals surface area contributed by atoms with Crippen LogP contribution in [0, 0.1) is 0 Å². The number of pyridine rings is 1. The van der Waals surface area contributed by atoms with Gasteiger partial charge in [0.25, 0.3) is 0 Å². The van der Waals surface area contributed by atoms with Gasteiger partial charge in [0, 0.05) is 36.3 Å². The molecule has 2 heterocycles. The van der Waals surface area contributed by atoms with Crippen LogP contribution in [0.25, 0.3) is 0 Å². The maximum atomic E-state index is 12.1. The highest BCUT2D eigenvalue weighted by Gasteiger charge is 2.35. The predicted octanol–water partition coefficient (Wildman–Crippen LogP) is 3.02. The first-order valence-corrected chi connectivity index (χ1v) is 8.71. The van der Waals surface area contributed by atoms with Crippen LogP contribution in [0.3, 0.4) is 0 Å². The Bertz CT molecular complexity index is 931. The summed E-state index contributed by atoms with van der Waals surface area (Å²) >= 11 is 3.35. The minimum atomic E-state index is -0.793. The van der Waals surface area contributed by atoms with Crippen molar-refractivity contribution in [2.24, 2.45) is 5.10 Å². The lowest BCUT2D eigenvalue weighted by Crippen LogP contribution is -2.25. The van der Waals surface area contributed by atoms with Crippen LogP contribution in [0.5, 0.6) is 11.5 Å². The monoisotopic (exact) mass is 433 g/mol. The molecule has 8 nitrogen and oxygen atoms in total. The average molecular weight is 434 g/mol. The Kier molecular flexibility index (Phi) is 5.41. The number of halogens is 1. The number of hydrogen-bond acceptors (Lipinski definition) is 7. The minimum Gasteiger partial charge on any atom is -0.493 e. The van der Waals surface area contributed by atoms with Crippen LogP contribution in [0.2, 0.25) is 0 Å². The van der Waals surface area contributed by atoms with Gasteiger partial charge in [0.15, 0.2) is 11.5 Å². The van der Waals surface area contributed by atoms with Crippen molar-refractivity contribution in [3.05, 3.63) is 52.3 Å². The number of rotatable bonds is 4. The van der Waals surface area contributed by atoms with Crippen molar-refractivity contribution >= 4 is 33.7 Å². The molecule has 0 bridgehead atoms. The number of para-hydroxylation sites is 1. The Morgan fingerprint density at radius 1 is 1.26 bits per heavy atom. The lowest BCUT2D eigenvalue weighted by atomic mass is 10.2. The number of esters is 1. The van der Waals surface area contributed by atoms with Gasteiger partial charge in [-0.05, 0) is 34.1 Å². The summed E-state index contributed by atoms with van der Waals surface area (Å²) in [5, 5.41) is 5.48. The SMILES string of the molecule is COc1cccc(C2=NN(C(C)=O)[C@@H](c3cncc(Br)c3)O2)c1OC(C)=O. The molecule has 0 aliphatic carbocycles. The number of nitrogens with zero attached hydrogens (tertiary/aromatic N) is 3. The first-order chi connectivity index (χ1) is 12.9. The quantitative estimate of drug-likeness (QED) is 0.543. The van der Waals surface area contributed by atoms with Crippen molar-refractivity contribution in [1.29, 1.82) is 0 Å². The van der Waals surface area contributed by atoms with Gasteiger partial charge >= 0.3 is 5.97 Å². The molecule has 1 aliphatic rings. The smallest absolute Gasteiger partial charge is 0.308 e. The first kappa shape index (κ1) is 18.8. The summed E-state index contributed by atoms with van der Waals surface area (Å²) in [5.74, 6) is -0.188. The first-order valence-electron chi connectivity index (χ1n) is 7.92. The van der Waals surface area contributed by atoms with Crippen LogP contribution < -0.4 is 9.47 Å². The van der Waals surface area contributed by atoms with E-state index in [2.05, 4.69) is 26.0 Å². The van der Waals surface area contributed by atoms with E-state index in [1.807, 2.05) is 0 Å². The molecule has 0 N–H and O–H groups in total. The van der Waals surface area contributed by atoms with Gasteiger partial charge < -0.3 is 14.2 Å². The van der Waals surface area contributed by atoms with Gasteiger partial charge in [-0.3, -0.25) is 14.6 Å². The topological polar surface area (TPSA) is 90.3 Å². The molecule has 0 unspecified atom stereocenters. The predicted molar refractivity (Wildman–Crippen MR) is 99.1 cm³/mol. The molecule has 3 rings (SSSR count). The van der Waals surface area contributed by atoms with E-state index >= 15 is 0 Å². The molecule has 1 aromatic heterocycles. The van der Waals surface area contributed by atoms with Crippen LogP contribution in [0.4, 0.5) is 0 Å². The number of carbonyl (C=O) groups excluding carboxylic acids is 2. The zero-order valence-corrected chi connectivity index (χ0v) is 16.4. The molecule has 1 amide bonds. The van der Waals surface area contributed by atoms with Crippen LogP contribution in [0.15, 0.2) is 46.2 Å². The second-order valence-corrected chi connectivity index (χ2v) is 6.52. The Hall–Kier alpha value is -2.94. The number of hydrogen-bond donors (Lipinski definition) is 0. The Labute approximate surface area is 163 Å². The zero-order valence-electron chi connectivity index (χ0n) is 14.8. The second kappa shape index (κ2) is 7.75. The molecular weight excluding hydrogens is 418 g/mol. The lowest BCUT2D eigenvalue weighted by molar-refractivity contribution is -0.135. The summed E-state index contributed by atoms with van der Waals surface area (Å²) in [6.07, 6.45) is 2.42. The Morgan fingerprint density at radius 2 is 2.04 bits per heavy atom. The van der Waals surface area contributed by atoms with E-state index in [1.54, 1.807) is 36.7 Å². The van der Waals surface area contributed by atoms with E-state index < -0.39 is 12.2 Å². The van der Waals surface area contributed by atoms with Crippen molar-refractivity contribution in [3.8, 4) is 11.5 Å². The van der Waals surface area contributed by atoms with Crippen LogP contribution in [-0.2, 0) is 14.3 Å². The standard InChI is InChI=1S/C18H16BrN3O5/c1-10(23)22-18(12-7-13(19)9-20-8-12)27-17(21-22)14-5-4-6-15(25-3)16(14)26-11(2)24/h4-9,18H,1-3H3/t18-/m1/s1. The third kappa shape index (κ3) is 3.92. The minimum absolute atomic E-state index is 0.130. The van der Waals surface area contributed by atoms with Crippen molar-refractivity contribution < 1.29 is 23.8 Å². The summed E-state index contributed by atoms with van der Waals surface area (Å²) in [4.78, 5) is 27.7. The summed E-state index contributed by atoms with van der Waals surface area (Å²) in [5.41, 5.74) is 1.02. The molecule has 2 aromatic rings. The van der Waals surface area contributed by atoms with Crippen LogP contribution >= 0.6 is 15.9 Å². The van der Waals surface area contributed by atoms with Crippen LogP contribution in [0.1, 0.15) is 31.2 Å². The van der Waals surface area contributed by atoms with E-state index in [0.717, 1.165) is 4.47 Å². The van der Waals surface area contributed by atoms with Gasteiger partial charge in [0.1, 0.15) is 0 Å². The molecule has 9 heteroatoms. The van der Waals surface area contributed by atoms with Crippen molar-refractivity contribution in [2.45, 2.75) is 20.1 Å². The summed E-state index contributed by atoms with van der Waals surface area (Å²) in [7, 11) is 1.46. The van der Waals surface area contributed by atoms with Gasteiger partial charge in [-0.25, -0.2) is 0 Å². The second-order valence-electron chi connectivity index (χ2n) is 5.61. The fraction of sp³-hybridized carbons (Fsp3) is 0.222. The Balaban J connectivity index is 2.04. The van der Waals surface area contributed by atoms with Gasteiger partial charge in [-0.2, -0.15) is 5.01 Å². The highest BCUT2D eigenvalue weighted by atomic mass is 79.9. The van der Waals surface area contributed by atoms with E-state index in [9.17, 15) is 9.59 Å². The van der Waals surface area contributed by atoms with Crippen molar-refractivity contribution in [1.82, 2.24) is 9.99 Å². The molecule has 140 valence electrons. The maximum Gasteiger partial charge on any atom is 0.308 e. The van der Waals surface area contributed by atoms with Crippen molar-refractivity contribution in [2.75, 3.05) is 7.11 Å². The third-order valence-corrected chi connectivity index (χ3v) is 4.09. The molecule has 0 fully saturated rings. The molecule has 27 heavy (non-hydrogen) atoms. The molecule has 0 saturated carbocycles. The zero-order chi connectivity index (χ0) is 19.6.